The number of ether oxygens (including phenoxy) is 3. The van der Waals surface area contributed by atoms with E-state index in [0.29, 0.717) is 29.5 Å². The molecule has 10 heteroatoms. The summed E-state index contributed by atoms with van der Waals surface area (Å²) >= 11 is 1.61. The van der Waals surface area contributed by atoms with Crippen LogP contribution in [0.3, 0.4) is 0 Å². The molecule has 0 unspecified atom stereocenters. The van der Waals surface area contributed by atoms with E-state index in [1.165, 1.54) is 52.5 Å². The Morgan fingerprint density at radius 2 is 1.73 bits per heavy atom. The molecule has 0 aliphatic carbocycles. The normalized spacial score (nSPS) is 13.8. The molecular weight excluding hydrogens is 428 g/mol. The SMILES string of the molecule is COc1cc(NS(=O)(=O)c2ccc3c(c2)N(C(C)=O)CCCS3)cc(OC)c1OC. The first-order chi connectivity index (χ1) is 14.3. The molecule has 1 aliphatic heterocycles. The number of anilines is 2. The average Bonchev–Trinajstić information content (AvgIpc) is 2.94. The highest BCUT2D eigenvalue weighted by Crippen LogP contribution is 2.41. The maximum Gasteiger partial charge on any atom is 0.261 e. The van der Waals surface area contributed by atoms with E-state index >= 15 is 0 Å². The quantitative estimate of drug-likeness (QED) is 0.718. The fraction of sp³-hybridized carbons (Fsp3) is 0.350. The van der Waals surface area contributed by atoms with Gasteiger partial charge in [0.15, 0.2) is 11.5 Å². The number of benzene rings is 2. The second kappa shape index (κ2) is 9.05. The number of nitrogens with one attached hydrogen (secondary N) is 1. The molecule has 0 spiro atoms. The number of hydrogen-bond donors (Lipinski definition) is 1. The van der Waals surface area contributed by atoms with Gasteiger partial charge < -0.3 is 19.1 Å². The van der Waals surface area contributed by atoms with Gasteiger partial charge in [-0.2, -0.15) is 0 Å². The van der Waals surface area contributed by atoms with Crippen LogP contribution in [0.15, 0.2) is 40.1 Å². The van der Waals surface area contributed by atoms with Gasteiger partial charge in [0.2, 0.25) is 11.7 Å². The van der Waals surface area contributed by atoms with E-state index in [-0.39, 0.29) is 16.5 Å². The van der Waals surface area contributed by atoms with Crippen LogP contribution < -0.4 is 23.8 Å². The molecule has 162 valence electrons. The molecule has 1 amide bonds. The summed E-state index contributed by atoms with van der Waals surface area (Å²) in [7, 11) is 0.453. The molecule has 1 aliphatic rings. The largest absolute Gasteiger partial charge is 0.493 e. The van der Waals surface area contributed by atoms with Crippen LogP contribution in [0.1, 0.15) is 13.3 Å². The lowest BCUT2D eigenvalue weighted by Gasteiger charge is -2.21. The summed E-state index contributed by atoms with van der Waals surface area (Å²) in [5.74, 6) is 1.77. The Balaban J connectivity index is 2.00. The van der Waals surface area contributed by atoms with Crippen molar-refractivity contribution >= 4 is 39.1 Å². The van der Waals surface area contributed by atoms with Crippen molar-refractivity contribution in [2.24, 2.45) is 0 Å². The van der Waals surface area contributed by atoms with Gasteiger partial charge in [-0.15, -0.1) is 11.8 Å². The molecule has 1 heterocycles. The third-order valence-corrected chi connectivity index (χ3v) is 7.14. The fourth-order valence-electron chi connectivity index (χ4n) is 3.20. The van der Waals surface area contributed by atoms with Crippen LogP contribution >= 0.6 is 11.8 Å². The molecule has 2 aromatic carbocycles. The summed E-state index contributed by atoms with van der Waals surface area (Å²) in [6, 6.07) is 7.84. The zero-order valence-corrected chi connectivity index (χ0v) is 18.9. The molecule has 1 N–H and O–H groups in total. The number of hydrogen-bond acceptors (Lipinski definition) is 7. The number of methoxy groups -OCH3 is 3. The van der Waals surface area contributed by atoms with E-state index in [1.807, 2.05) is 0 Å². The number of rotatable bonds is 6. The molecule has 0 bridgehead atoms. The minimum atomic E-state index is -3.93. The van der Waals surface area contributed by atoms with E-state index in [9.17, 15) is 13.2 Å². The average molecular weight is 453 g/mol. The number of thioether (sulfide) groups is 1. The smallest absolute Gasteiger partial charge is 0.261 e. The standard InChI is InChI=1S/C20H24N2O6S2/c1-13(23)22-8-5-9-29-19-7-6-15(12-16(19)22)30(24,25)21-14-10-17(26-2)20(28-4)18(11-14)27-3/h6-7,10-12,21H,5,8-9H2,1-4H3. The van der Waals surface area contributed by atoms with Gasteiger partial charge >= 0.3 is 0 Å². The van der Waals surface area contributed by atoms with Crippen molar-refractivity contribution in [2.45, 2.75) is 23.1 Å². The van der Waals surface area contributed by atoms with E-state index in [0.717, 1.165) is 17.1 Å². The molecule has 2 aromatic rings. The van der Waals surface area contributed by atoms with Crippen LogP contribution in [0.2, 0.25) is 0 Å². The Bertz CT molecular complexity index is 1030. The number of nitrogens with zero attached hydrogens (tertiary/aromatic N) is 1. The van der Waals surface area contributed by atoms with Crippen molar-refractivity contribution in [3.63, 3.8) is 0 Å². The highest BCUT2D eigenvalue weighted by atomic mass is 32.2. The Labute approximate surface area is 180 Å². The molecule has 0 fully saturated rings. The minimum absolute atomic E-state index is 0.0590. The number of carbonyl (C=O) groups excluding carboxylic acids is 1. The molecule has 30 heavy (non-hydrogen) atoms. The van der Waals surface area contributed by atoms with Crippen LogP contribution in [0.4, 0.5) is 11.4 Å². The summed E-state index contributed by atoms with van der Waals surface area (Å²) in [6.45, 7) is 2.04. The predicted molar refractivity (Wildman–Crippen MR) is 117 cm³/mol. The van der Waals surface area contributed by atoms with E-state index < -0.39 is 10.0 Å². The number of sulfonamides is 1. The van der Waals surface area contributed by atoms with E-state index in [2.05, 4.69) is 4.72 Å². The molecular formula is C20H24N2O6S2. The highest BCUT2D eigenvalue weighted by molar-refractivity contribution is 7.99. The predicted octanol–water partition coefficient (Wildman–Crippen LogP) is 3.36. The first kappa shape index (κ1) is 22.1. The topological polar surface area (TPSA) is 94.2 Å². The summed E-state index contributed by atoms with van der Waals surface area (Å²) < 4.78 is 44.5. The van der Waals surface area contributed by atoms with Gasteiger partial charge in [0.1, 0.15) is 0 Å². The van der Waals surface area contributed by atoms with Crippen molar-refractivity contribution in [1.29, 1.82) is 0 Å². The lowest BCUT2D eigenvalue weighted by molar-refractivity contribution is -0.116. The first-order valence-corrected chi connectivity index (χ1v) is 11.7. The second-order valence-corrected chi connectivity index (χ2v) is 9.34. The fourth-order valence-corrected chi connectivity index (χ4v) is 5.24. The molecule has 0 saturated carbocycles. The van der Waals surface area contributed by atoms with Gasteiger partial charge in [0.25, 0.3) is 10.0 Å². The van der Waals surface area contributed by atoms with Crippen molar-refractivity contribution in [3.05, 3.63) is 30.3 Å². The third kappa shape index (κ3) is 4.44. The number of amides is 1. The van der Waals surface area contributed by atoms with Crippen LogP contribution in [0.5, 0.6) is 17.2 Å². The maximum absolute atomic E-state index is 13.1. The second-order valence-electron chi connectivity index (χ2n) is 6.52. The maximum atomic E-state index is 13.1. The van der Waals surface area contributed by atoms with Crippen LogP contribution in [-0.2, 0) is 14.8 Å². The Morgan fingerprint density at radius 3 is 2.30 bits per heavy atom. The molecule has 0 atom stereocenters. The number of fused-ring (bicyclic) bond motifs is 1. The van der Waals surface area contributed by atoms with Gasteiger partial charge in [0.05, 0.1) is 37.6 Å². The summed E-state index contributed by atoms with van der Waals surface area (Å²) in [5.41, 5.74) is 0.870. The van der Waals surface area contributed by atoms with Crippen molar-refractivity contribution in [3.8, 4) is 17.2 Å². The van der Waals surface area contributed by atoms with Gasteiger partial charge in [0, 0.05) is 30.5 Å². The van der Waals surface area contributed by atoms with Gasteiger partial charge in [-0.3, -0.25) is 9.52 Å². The lowest BCUT2D eigenvalue weighted by atomic mass is 10.2. The monoisotopic (exact) mass is 452 g/mol. The van der Waals surface area contributed by atoms with Crippen LogP contribution in [0.25, 0.3) is 0 Å². The molecule has 0 saturated heterocycles. The Hall–Kier alpha value is -2.59. The molecule has 0 aromatic heterocycles. The van der Waals surface area contributed by atoms with E-state index in [1.54, 1.807) is 22.7 Å². The Morgan fingerprint density at radius 1 is 1.07 bits per heavy atom. The zero-order valence-electron chi connectivity index (χ0n) is 17.2. The van der Waals surface area contributed by atoms with E-state index in [4.69, 9.17) is 14.2 Å². The van der Waals surface area contributed by atoms with Crippen molar-refractivity contribution in [1.82, 2.24) is 0 Å². The minimum Gasteiger partial charge on any atom is -0.493 e. The van der Waals surface area contributed by atoms with Gasteiger partial charge in [-0.1, -0.05) is 0 Å². The summed E-state index contributed by atoms with van der Waals surface area (Å²) in [4.78, 5) is 14.6. The summed E-state index contributed by atoms with van der Waals surface area (Å²) in [6.07, 6.45) is 0.838. The van der Waals surface area contributed by atoms with Crippen molar-refractivity contribution in [2.75, 3.05) is 43.2 Å². The third-order valence-electron chi connectivity index (χ3n) is 4.61. The van der Waals surface area contributed by atoms with Gasteiger partial charge in [-0.05, 0) is 30.4 Å². The van der Waals surface area contributed by atoms with Gasteiger partial charge in [-0.25, -0.2) is 8.42 Å². The lowest BCUT2D eigenvalue weighted by Crippen LogP contribution is -2.29. The summed E-state index contributed by atoms with van der Waals surface area (Å²) in [5, 5.41) is 0. The molecule has 3 rings (SSSR count). The highest BCUT2D eigenvalue weighted by Gasteiger charge is 2.24. The zero-order chi connectivity index (χ0) is 21.9. The van der Waals surface area contributed by atoms with Crippen LogP contribution in [0, 0.1) is 0 Å². The van der Waals surface area contributed by atoms with Crippen LogP contribution in [-0.4, -0.2) is 48.0 Å². The first-order valence-electron chi connectivity index (χ1n) is 9.18. The number of carbonyl (C=O) groups is 1. The molecule has 0 radical (unpaired) electrons. The van der Waals surface area contributed by atoms with Crippen molar-refractivity contribution < 1.29 is 27.4 Å². The molecule has 8 nitrogen and oxygen atoms in total. The Kier molecular flexibility index (Phi) is 6.67.